The first-order chi connectivity index (χ1) is 14.0. The molecule has 6 heteroatoms. The zero-order valence-electron chi connectivity index (χ0n) is 17.7. The van der Waals surface area contributed by atoms with Gasteiger partial charge in [0, 0.05) is 10.5 Å². The maximum atomic E-state index is 12.7. The minimum Gasteiger partial charge on any atom is -0.486 e. The first-order valence-electron chi connectivity index (χ1n) is 10.1. The lowest BCUT2D eigenvalue weighted by Gasteiger charge is -2.26. The highest BCUT2D eigenvalue weighted by Gasteiger charge is 2.22. The Bertz CT molecular complexity index is 823. The van der Waals surface area contributed by atoms with Crippen LogP contribution in [-0.2, 0) is 11.3 Å². The van der Waals surface area contributed by atoms with Gasteiger partial charge in [0.25, 0.3) is 5.91 Å². The maximum Gasteiger partial charge on any atom is 0.275 e. The van der Waals surface area contributed by atoms with E-state index in [4.69, 9.17) is 9.47 Å². The molecule has 0 fully saturated rings. The number of fused-ring (bicyclic) bond motifs is 1. The van der Waals surface area contributed by atoms with Gasteiger partial charge < -0.3 is 19.7 Å². The predicted molar refractivity (Wildman–Crippen MR) is 117 cm³/mol. The molecule has 29 heavy (non-hydrogen) atoms. The summed E-state index contributed by atoms with van der Waals surface area (Å²) in [6.45, 7) is 6.61. The summed E-state index contributed by atoms with van der Waals surface area (Å²) in [7, 11) is 2.05. The van der Waals surface area contributed by atoms with Gasteiger partial charge in [-0.05, 0) is 42.0 Å². The van der Waals surface area contributed by atoms with Gasteiger partial charge in [-0.2, -0.15) is 0 Å². The van der Waals surface area contributed by atoms with E-state index in [9.17, 15) is 4.79 Å². The molecular formula is C23H31N2O3S+. The zero-order valence-corrected chi connectivity index (χ0v) is 18.5. The Hall–Kier alpha value is -2.18. The maximum absolute atomic E-state index is 12.7. The second-order valence-electron chi connectivity index (χ2n) is 7.85. The number of carbonyl (C=O) groups is 1. The minimum atomic E-state index is -0.0630. The van der Waals surface area contributed by atoms with Crippen LogP contribution in [0.25, 0.3) is 0 Å². The lowest BCUT2D eigenvalue weighted by molar-refractivity contribution is -0.885. The van der Waals surface area contributed by atoms with Crippen molar-refractivity contribution in [3.05, 3.63) is 53.6 Å². The molecule has 2 aromatic rings. The number of thioether (sulfide) groups is 1. The number of ether oxygens (including phenoxy) is 2. The van der Waals surface area contributed by atoms with Gasteiger partial charge in [0.15, 0.2) is 18.0 Å². The van der Waals surface area contributed by atoms with Crippen LogP contribution >= 0.6 is 11.8 Å². The first-order valence-corrected chi connectivity index (χ1v) is 11.3. The SMILES string of the molecule is CSc1ccc(C[NH+](C)CC(=O)N[C@H](c2ccc3c(c2)OCCO3)C(C)C)cc1. The molecule has 0 radical (unpaired) electrons. The van der Waals surface area contributed by atoms with E-state index >= 15 is 0 Å². The number of hydrogen-bond donors (Lipinski definition) is 2. The van der Waals surface area contributed by atoms with E-state index in [-0.39, 0.29) is 17.9 Å². The van der Waals surface area contributed by atoms with Crippen molar-refractivity contribution in [2.75, 3.05) is 33.1 Å². The van der Waals surface area contributed by atoms with Crippen molar-refractivity contribution in [2.45, 2.75) is 31.3 Å². The normalized spacial score (nSPS) is 15.1. The Morgan fingerprint density at radius 1 is 1.10 bits per heavy atom. The Morgan fingerprint density at radius 3 is 2.45 bits per heavy atom. The molecule has 0 spiro atoms. The molecule has 2 aromatic carbocycles. The average Bonchev–Trinajstić information content (AvgIpc) is 2.72. The molecule has 1 aliphatic rings. The molecule has 5 nitrogen and oxygen atoms in total. The van der Waals surface area contributed by atoms with Crippen LogP contribution in [0.3, 0.4) is 0 Å². The van der Waals surface area contributed by atoms with Crippen LogP contribution in [0, 0.1) is 5.92 Å². The van der Waals surface area contributed by atoms with Gasteiger partial charge in [-0.15, -0.1) is 11.8 Å². The number of carbonyl (C=O) groups excluding carboxylic acids is 1. The Morgan fingerprint density at radius 2 is 1.79 bits per heavy atom. The molecular weight excluding hydrogens is 384 g/mol. The highest BCUT2D eigenvalue weighted by atomic mass is 32.2. The summed E-state index contributed by atoms with van der Waals surface area (Å²) in [6.07, 6.45) is 2.07. The summed E-state index contributed by atoms with van der Waals surface area (Å²) in [5, 5.41) is 3.22. The summed E-state index contributed by atoms with van der Waals surface area (Å²) < 4.78 is 11.3. The molecule has 2 N–H and O–H groups in total. The summed E-state index contributed by atoms with van der Waals surface area (Å²) in [5.41, 5.74) is 2.28. The van der Waals surface area contributed by atoms with Crippen LogP contribution in [0.15, 0.2) is 47.4 Å². The number of benzene rings is 2. The van der Waals surface area contributed by atoms with Crippen molar-refractivity contribution in [3.8, 4) is 11.5 Å². The third-order valence-electron chi connectivity index (χ3n) is 5.04. The smallest absolute Gasteiger partial charge is 0.275 e. The van der Waals surface area contributed by atoms with E-state index in [1.54, 1.807) is 11.8 Å². The molecule has 0 bridgehead atoms. The highest BCUT2D eigenvalue weighted by molar-refractivity contribution is 7.98. The topological polar surface area (TPSA) is 52.0 Å². The Labute approximate surface area is 177 Å². The fourth-order valence-electron chi connectivity index (χ4n) is 3.54. The highest BCUT2D eigenvalue weighted by Crippen LogP contribution is 2.34. The standard InChI is InChI=1S/C23H30N2O3S/c1-16(2)23(18-7-10-20-21(13-18)28-12-11-27-20)24-22(26)15-25(3)14-17-5-8-19(29-4)9-6-17/h5-10,13,16,23H,11-12,14-15H2,1-4H3,(H,24,26)/p+1/t23-/m0/s1. The number of rotatable bonds is 8. The van der Waals surface area contributed by atoms with Crippen LogP contribution in [0.1, 0.15) is 31.0 Å². The van der Waals surface area contributed by atoms with E-state index in [0.717, 1.165) is 28.5 Å². The number of amides is 1. The summed E-state index contributed by atoms with van der Waals surface area (Å²) in [5.74, 6) is 1.84. The summed E-state index contributed by atoms with van der Waals surface area (Å²) in [6, 6.07) is 14.4. The third-order valence-corrected chi connectivity index (χ3v) is 5.78. The van der Waals surface area contributed by atoms with Crippen molar-refractivity contribution >= 4 is 17.7 Å². The number of nitrogens with one attached hydrogen (secondary N) is 2. The largest absolute Gasteiger partial charge is 0.486 e. The average molecular weight is 416 g/mol. The molecule has 2 atom stereocenters. The fraction of sp³-hybridized carbons (Fsp3) is 0.435. The lowest BCUT2D eigenvalue weighted by atomic mass is 9.95. The molecule has 0 saturated heterocycles. The van der Waals surface area contributed by atoms with E-state index in [0.29, 0.717) is 19.8 Å². The van der Waals surface area contributed by atoms with Gasteiger partial charge in [-0.3, -0.25) is 4.79 Å². The molecule has 156 valence electrons. The van der Waals surface area contributed by atoms with E-state index < -0.39 is 0 Å². The van der Waals surface area contributed by atoms with Gasteiger partial charge in [0.2, 0.25) is 0 Å². The van der Waals surface area contributed by atoms with Crippen molar-refractivity contribution in [1.82, 2.24) is 5.32 Å². The van der Waals surface area contributed by atoms with Gasteiger partial charge in [-0.25, -0.2) is 0 Å². The third kappa shape index (κ3) is 5.90. The van der Waals surface area contributed by atoms with Crippen LogP contribution in [0.5, 0.6) is 11.5 Å². The molecule has 1 heterocycles. The molecule has 0 aliphatic carbocycles. The van der Waals surface area contributed by atoms with Crippen molar-refractivity contribution in [3.63, 3.8) is 0 Å². The number of hydrogen-bond acceptors (Lipinski definition) is 4. The molecule has 0 aromatic heterocycles. The van der Waals surface area contributed by atoms with Crippen molar-refractivity contribution < 1.29 is 19.2 Å². The van der Waals surface area contributed by atoms with Gasteiger partial charge in [0.1, 0.15) is 19.8 Å². The zero-order chi connectivity index (χ0) is 20.8. The molecule has 3 rings (SSSR count). The molecule has 1 unspecified atom stereocenters. The Kier molecular flexibility index (Phi) is 7.45. The minimum absolute atomic E-state index is 0.0526. The summed E-state index contributed by atoms with van der Waals surface area (Å²) >= 11 is 1.74. The predicted octanol–water partition coefficient (Wildman–Crippen LogP) is 2.71. The fourth-order valence-corrected chi connectivity index (χ4v) is 3.95. The first kappa shape index (κ1) is 21.5. The van der Waals surface area contributed by atoms with Crippen LogP contribution in [0.2, 0.25) is 0 Å². The Balaban J connectivity index is 1.60. The number of quaternary nitrogens is 1. The van der Waals surface area contributed by atoms with Crippen LogP contribution in [-0.4, -0.2) is 39.0 Å². The lowest BCUT2D eigenvalue weighted by Crippen LogP contribution is -3.08. The van der Waals surface area contributed by atoms with E-state index in [1.807, 2.05) is 18.2 Å². The molecule has 1 amide bonds. The molecule has 1 aliphatic heterocycles. The van der Waals surface area contributed by atoms with Crippen LogP contribution in [0.4, 0.5) is 0 Å². The van der Waals surface area contributed by atoms with Crippen LogP contribution < -0.4 is 19.7 Å². The van der Waals surface area contributed by atoms with Crippen molar-refractivity contribution in [1.29, 1.82) is 0 Å². The van der Waals surface area contributed by atoms with Gasteiger partial charge in [-0.1, -0.05) is 32.0 Å². The number of likely N-dealkylation sites (N-methyl/N-ethyl adjacent to an activating group) is 1. The molecule has 0 saturated carbocycles. The second kappa shape index (κ2) is 10.0. The van der Waals surface area contributed by atoms with Gasteiger partial charge >= 0.3 is 0 Å². The van der Waals surface area contributed by atoms with Gasteiger partial charge in [0.05, 0.1) is 13.1 Å². The van der Waals surface area contributed by atoms with Crippen molar-refractivity contribution in [2.24, 2.45) is 5.92 Å². The monoisotopic (exact) mass is 415 g/mol. The second-order valence-corrected chi connectivity index (χ2v) is 8.73. The quantitative estimate of drug-likeness (QED) is 0.651. The van der Waals surface area contributed by atoms with E-state index in [2.05, 4.69) is 56.7 Å². The van der Waals surface area contributed by atoms with E-state index in [1.165, 1.54) is 10.5 Å². The summed E-state index contributed by atoms with van der Waals surface area (Å²) in [4.78, 5) is 15.1.